The van der Waals surface area contributed by atoms with Crippen LogP contribution in [0.1, 0.15) is 15.9 Å². The fraction of sp³-hybridized carbons (Fsp3) is 0. The van der Waals surface area contributed by atoms with Gasteiger partial charge in [-0.2, -0.15) is 0 Å². The number of ketones is 1. The fourth-order valence-electron chi connectivity index (χ4n) is 5.21. The highest BCUT2D eigenvalue weighted by molar-refractivity contribution is 6.13. The summed E-state index contributed by atoms with van der Waals surface area (Å²) in [6, 6.07) is 43.0. The van der Waals surface area contributed by atoms with Crippen LogP contribution >= 0.6 is 0 Å². The molecule has 0 unspecified atom stereocenters. The number of carbonyl (C=O) groups is 1. The van der Waals surface area contributed by atoms with Crippen LogP contribution < -0.4 is 0 Å². The summed E-state index contributed by atoms with van der Waals surface area (Å²) >= 11 is 0. The minimum absolute atomic E-state index is 0.0340. The van der Waals surface area contributed by atoms with Crippen molar-refractivity contribution < 1.29 is 4.79 Å². The van der Waals surface area contributed by atoms with E-state index >= 15 is 0 Å². The maximum Gasteiger partial charge on any atom is 0.193 e. The highest BCUT2D eigenvalue weighted by Crippen LogP contribution is 2.35. The van der Waals surface area contributed by atoms with Crippen molar-refractivity contribution >= 4 is 38.5 Å². The minimum atomic E-state index is 0.0340. The minimum Gasteiger partial charge on any atom is -0.316 e. The Balaban J connectivity index is 1.43. The van der Waals surface area contributed by atoms with E-state index in [2.05, 4.69) is 82.1 Å². The second-order valence-electron chi connectivity index (χ2n) is 9.04. The smallest absolute Gasteiger partial charge is 0.193 e. The number of aromatic nitrogens is 2. The van der Waals surface area contributed by atoms with E-state index in [0.29, 0.717) is 11.1 Å². The van der Waals surface area contributed by atoms with Gasteiger partial charge in [-0.3, -0.25) is 4.79 Å². The van der Waals surface area contributed by atoms with E-state index in [1.807, 2.05) is 60.7 Å². The number of para-hydroxylation sites is 2. The van der Waals surface area contributed by atoms with Crippen LogP contribution in [0.2, 0.25) is 0 Å². The molecule has 0 N–H and O–H groups in total. The quantitative estimate of drug-likeness (QED) is 0.244. The molecule has 0 aliphatic heterocycles. The van der Waals surface area contributed by atoms with Crippen molar-refractivity contribution in [3.05, 3.63) is 145 Å². The Hall–Kier alpha value is -4.89. The van der Waals surface area contributed by atoms with Crippen LogP contribution in [0.25, 0.3) is 44.1 Å². The van der Waals surface area contributed by atoms with Crippen LogP contribution in [0.3, 0.4) is 0 Å². The summed E-state index contributed by atoms with van der Waals surface area (Å²) in [4.78, 5) is 12.9. The maximum absolute atomic E-state index is 12.9. The average Bonchev–Trinajstić information content (AvgIpc) is 3.51. The maximum atomic E-state index is 12.9. The van der Waals surface area contributed by atoms with E-state index in [1.54, 1.807) is 0 Å². The first kappa shape index (κ1) is 20.5. The third-order valence-corrected chi connectivity index (χ3v) is 6.94. The van der Waals surface area contributed by atoms with Crippen molar-refractivity contribution in [2.45, 2.75) is 0 Å². The van der Waals surface area contributed by atoms with Crippen LogP contribution in [0.15, 0.2) is 134 Å². The van der Waals surface area contributed by atoms with Crippen LogP contribution in [0.4, 0.5) is 0 Å². The van der Waals surface area contributed by atoms with Gasteiger partial charge in [0.15, 0.2) is 5.78 Å². The Morgan fingerprint density at radius 1 is 0.500 bits per heavy atom. The lowest BCUT2D eigenvalue weighted by Gasteiger charge is -2.10. The monoisotopic (exact) mass is 462 g/mol. The van der Waals surface area contributed by atoms with Crippen molar-refractivity contribution in [1.29, 1.82) is 0 Å². The second kappa shape index (κ2) is 8.10. The highest BCUT2D eigenvalue weighted by atomic mass is 16.1. The lowest BCUT2D eigenvalue weighted by Crippen LogP contribution is -2.02. The number of hydrogen-bond donors (Lipinski definition) is 0. The molecule has 0 aliphatic carbocycles. The van der Waals surface area contributed by atoms with E-state index in [-0.39, 0.29) is 5.78 Å². The third-order valence-electron chi connectivity index (χ3n) is 6.94. The standard InChI is InChI=1S/C33H22N2O/c36-33(23-9-3-1-4-10-23)24-15-17-27(18-16-24)35-30-14-8-7-13-28(30)29-21-25-19-20-34(31(25)22-32(29)35)26-11-5-2-6-12-26/h1-22H. The van der Waals surface area contributed by atoms with Crippen molar-refractivity contribution in [3.63, 3.8) is 0 Å². The largest absolute Gasteiger partial charge is 0.316 e. The number of hydrogen-bond acceptors (Lipinski definition) is 1. The topological polar surface area (TPSA) is 26.9 Å². The molecule has 0 aliphatic rings. The first-order chi connectivity index (χ1) is 17.8. The predicted octanol–water partition coefficient (Wildman–Crippen LogP) is 7.96. The molecule has 0 saturated carbocycles. The number of fused-ring (bicyclic) bond motifs is 4. The molecule has 0 saturated heterocycles. The SMILES string of the molecule is O=C(c1ccccc1)c1ccc(-n2c3ccccc3c3cc4ccn(-c5ccccc5)c4cc32)cc1. The molecule has 5 aromatic carbocycles. The van der Waals surface area contributed by atoms with Gasteiger partial charge in [0, 0.05) is 44.9 Å². The Morgan fingerprint density at radius 3 is 1.94 bits per heavy atom. The van der Waals surface area contributed by atoms with Gasteiger partial charge in [0.05, 0.1) is 16.6 Å². The summed E-state index contributed by atoms with van der Waals surface area (Å²) in [7, 11) is 0. The number of benzene rings is 5. The van der Waals surface area contributed by atoms with Gasteiger partial charge in [0.25, 0.3) is 0 Å². The molecule has 2 heterocycles. The predicted molar refractivity (Wildman–Crippen MR) is 147 cm³/mol. The van der Waals surface area contributed by atoms with Crippen LogP contribution in [0.5, 0.6) is 0 Å². The molecule has 0 atom stereocenters. The van der Waals surface area contributed by atoms with Gasteiger partial charge in [-0.25, -0.2) is 0 Å². The normalized spacial score (nSPS) is 11.4. The highest BCUT2D eigenvalue weighted by Gasteiger charge is 2.16. The molecule has 0 fully saturated rings. The first-order valence-electron chi connectivity index (χ1n) is 12.1. The first-order valence-corrected chi connectivity index (χ1v) is 12.1. The zero-order valence-corrected chi connectivity index (χ0v) is 19.5. The molecule has 7 rings (SSSR count). The van der Waals surface area contributed by atoms with E-state index in [0.717, 1.165) is 27.9 Å². The zero-order valence-electron chi connectivity index (χ0n) is 19.5. The number of nitrogens with zero attached hydrogens (tertiary/aromatic N) is 2. The molecule has 36 heavy (non-hydrogen) atoms. The van der Waals surface area contributed by atoms with Gasteiger partial charge in [0.2, 0.25) is 0 Å². The molecule has 0 spiro atoms. The summed E-state index contributed by atoms with van der Waals surface area (Å²) in [5.74, 6) is 0.0340. The molecule has 170 valence electrons. The van der Waals surface area contributed by atoms with Crippen LogP contribution in [0, 0.1) is 0 Å². The molecule has 0 bridgehead atoms. The van der Waals surface area contributed by atoms with Gasteiger partial charge in [-0.1, -0.05) is 66.7 Å². The molecule has 3 heteroatoms. The third kappa shape index (κ3) is 3.18. The Labute approximate surface area is 208 Å². The van der Waals surface area contributed by atoms with Crippen molar-refractivity contribution in [2.75, 3.05) is 0 Å². The Bertz CT molecular complexity index is 1880. The lowest BCUT2D eigenvalue weighted by atomic mass is 10.0. The molecule has 2 aromatic heterocycles. The van der Waals surface area contributed by atoms with Crippen LogP contribution in [-0.2, 0) is 0 Å². The van der Waals surface area contributed by atoms with Crippen molar-refractivity contribution in [2.24, 2.45) is 0 Å². The van der Waals surface area contributed by atoms with Gasteiger partial charge in [-0.05, 0) is 60.7 Å². The van der Waals surface area contributed by atoms with E-state index < -0.39 is 0 Å². The molecule has 3 nitrogen and oxygen atoms in total. The Morgan fingerprint density at radius 2 is 1.17 bits per heavy atom. The second-order valence-corrected chi connectivity index (χ2v) is 9.04. The van der Waals surface area contributed by atoms with Crippen LogP contribution in [-0.4, -0.2) is 14.9 Å². The summed E-state index contributed by atoms with van der Waals surface area (Å²) in [6.45, 7) is 0. The van der Waals surface area contributed by atoms with Gasteiger partial charge in [0.1, 0.15) is 0 Å². The van der Waals surface area contributed by atoms with Crippen molar-refractivity contribution in [3.8, 4) is 11.4 Å². The van der Waals surface area contributed by atoms with Gasteiger partial charge >= 0.3 is 0 Å². The molecular formula is C33H22N2O. The summed E-state index contributed by atoms with van der Waals surface area (Å²) in [6.07, 6.45) is 2.13. The zero-order chi connectivity index (χ0) is 24.1. The van der Waals surface area contributed by atoms with E-state index in [9.17, 15) is 4.79 Å². The summed E-state index contributed by atoms with van der Waals surface area (Å²) in [5.41, 5.74) is 7.00. The van der Waals surface area contributed by atoms with E-state index in [1.165, 1.54) is 16.2 Å². The Kier molecular flexibility index (Phi) is 4.61. The lowest BCUT2D eigenvalue weighted by molar-refractivity contribution is 0.103. The molecule has 7 aromatic rings. The molecular weight excluding hydrogens is 440 g/mol. The van der Waals surface area contributed by atoms with Crippen molar-refractivity contribution in [1.82, 2.24) is 9.13 Å². The fourth-order valence-corrected chi connectivity index (χ4v) is 5.21. The summed E-state index contributed by atoms with van der Waals surface area (Å²) < 4.78 is 4.53. The molecule has 0 radical (unpaired) electrons. The van der Waals surface area contributed by atoms with E-state index in [4.69, 9.17) is 0 Å². The summed E-state index contributed by atoms with van der Waals surface area (Å²) in [5, 5.41) is 3.64. The molecule has 0 amide bonds. The average molecular weight is 463 g/mol. The van der Waals surface area contributed by atoms with Gasteiger partial charge < -0.3 is 9.13 Å². The van der Waals surface area contributed by atoms with Gasteiger partial charge in [-0.15, -0.1) is 0 Å². The number of rotatable bonds is 4. The number of carbonyl (C=O) groups excluding carboxylic acids is 1.